The summed E-state index contributed by atoms with van der Waals surface area (Å²) in [6.07, 6.45) is 1.79. The van der Waals surface area contributed by atoms with Crippen LogP contribution in [-0.4, -0.2) is 40.5 Å². The van der Waals surface area contributed by atoms with E-state index in [1.807, 2.05) is 13.8 Å². The number of halogens is 1. The number of carboxylic acids is 1. The van der Waals surface area contributed by atoms with E-state index in [1.54, 1.807) is 6.07 Å². The molecule has 3 N–H and O–H groups in total. The van der Waals surface area contributed by atoms with Crippen molar-refractivity contribution in [3.8, 4) is 0 Å². The number of carbonyl (C=O) groups is 3. The summed E-state index contributed by atoms with van der Waals surface area (Å²) in [5, 5.41) is 13.8. The summed E-state index contributed by atoms with van der Waals surface area (Å²) in [5.74, 6) is -2.03. The van der Waals surface area contributed by atoms with E-state index in [0.29, 0.717) is 6.42 Å². The van der Waals surface area contributed by atoms with Crippen molar-refractivity contribution >= 4 is 33.7 Å². The number of aliphatic carboxylic acids is 1. The average Bonchev–Trinajstić information content (AvgIpc) is 2.44. The number of carboxylic acid groups (broad SMARTS) is 1. The van der Waals surface area contributed by atoms with Crippen LogP contribution >= 0.6 is 15.9 Å². The van der Waals surface area contributed by atoms with Gasteiger partial charge in [0.05, 0.1) is 6.54 Å². The molecule has 0 saturated heterocycles. The number of nitrogens with one attached hydrogen (secondary N) is 2. The Hall–Kier alpha value is -1.96. The van der Waals surface area contributed by atoms with Gasteiger partial charge in [-0.3, -0.25) is 9.59 Å². The molecule has 7 nitrogen and oxygen atoms in total. The molecule has 22 heavy (non-hydrogen) atoms. The van der Waals surface area contributed by atoms with Crippen molar-refractivity contribution in [2.75, 3.05) is 6.54 Å². The predicted octanol–water partition coefficient (Wildman–Crippen LogP) is 1.19. The van der Waals surface area contributed by atoms with Gasteiger partial charge in [0.2, 0.25) is 5.91 Å². The first-order valence-electron chi connectivity index (χ1n) is 6.71. The van der Waals surface area contributed by atoms with E-state index in [1.165, 1.54) is 12.3 Å². The summed E-state index contributed by atoms with van der Waals surface area (Å²) in [5.41, 5.74) is 0.174. The van der Waals surface area contributed by atoms with E-state index in [0.717, 1.165) is 4.47 Å². The summed E-state index contributed by atoms with van der Waals surface area (Å²) in [6, 6.07) is 2.21. The normalized spacial score (nSPS) is 11.8. The van der Waals surface area contributed by atoms with E-state index in [4.69, 9.17) is 5.11 Å². The van der Waals surface area contributed by atoms with E-state index < -0.39 is 23.8 Å². The number of pyridine rings is 1. The minimum atomic E-state index is -1.09. The molecule has 0 aliphatic rings. The quantitative estimate of drug-likeness (QED) is 0.666. The highest BCUT2D eigenvalue weighted by Gasteiger charge is 2.21. The molecule has 0 bridgehead atoms. The Kier molecular flexibility index (Phi) is 6.97. The van der Waals surface area contributed by atoms with Gasteiger partial charge in [-0.15, -0.1) is 0 Å². The van der Waals surface area contributed by atoms with Crippen LogP contribution in [0.2, 0.25) is 0 Å². The second-order valence-electron chi connectivity index (χ2n) is 5.13. The number of rotatable bonds is 7. The van der Waals surface area contributed by atoms with Gasteiger partial charge >= 0.3 is 5.97 Å². The lowest BCUT2D eigenvalue weighted by atomic mass is 10.0. The first kappa shape index (κ1) is 18.1. The maximum atomic E-state index is 11.8. The molecule has 0 saturated carbocycles. The maximum absolute atomic E-state index is 11.8. The Morgan fingerprint density at radius 3 is 2.50 bits per heavy atom. The number of aromatic nitrogens is 1. The lowest BCUT2D eigenvalue weighted by Crippen LogP contribution is -2.46. The van der Waals surface area contributed by atoms with Gasteiger partial charge in [0.25, 0.3) is 5.91 Å². The Morgan fingerprint density at radius 1 is 1.32 bits per heavy atom. The third-order valence-corrected chi connectivity index (χ3v) is 3.18. The van der Waals surface area contributed by atoms with Crippen LogP contribution in [0, 0.1) is 5.92 Å². The van der Waals surface area contributed by atoms with E-state index in [-0.39, 0.29) is 18.2 Å². The summed E-state index contributed by atoms with van der Waals surface area (Å²) >= 11 is 3.20. The van der Waals surface area contributed by atoms with Crippen molar-refractivity contribution in [2.24, 2.45) is 5.92 Å². The van der Waals surface area contributed by atoms with Crippen LogP contribution in [0.3, 0.4) is 0 Å². The molecule has 0 aliphatic carbocycles. The minimum Gasteiger partial charge on any atom is -0.480 e. The lowest BCUT2D eigenvalue weighted by molar-refractivity contribution is -0.142. The molecule has 2 amide bonds. The van der Waals surface area contributed by atoms with Crippen molar-refractivity contribution in [2.45, 2.75) is 26.3 Å². The SMILES string of the molecule is CC(C)C[C@H](NC(=O)CNC(=O)c1ccc(Br)cn1)C(=O)O. The molecule has 0 radical (unpaired) electrons. The highest BCUT2D eigenvalue weighted by molar-refractivity contribution is 9.10. The fraction of sp³-hybridized carbons (Fsp3) is 0.429. The standard InChI is InChI=1S/C14H18BrN3O4/c1-8(2)5-11(14(21)22)18-12(19)7-17-13(20)10-4-3-9(15)6-16-10/h3-4,6,8,11H,5,7H2,1-2H3,(H,17,20)(H,18,19)(H,21,22)/t11-/m0/s1. The number of carbonyl (C=O) groups excluding carboxylic acids is 2. The topological polar surface area (TPSA) is 108 Å². The average molecular weight is 372 g/mol. The van der Waals surface area contributed by atoms with Crippen LogP contribution in [0.15, 0.2) is 22.8 Å². The first-order chi connectivity index (χ1) is 10.3. The summed E-state index contributed by atoms with van der Waals surface area (Å²) in [7, 11) is 0. The molecule has 0 aliphatic heterocycles. The number of amides is 2. The fourth-order valence-corrected chi connectivity index (χ4v) is 1.93. The molecule has 120 valence electrons. The van der Waals surface area contributed by atoms with Crippen molar-refractivity contribution in [1.29, 1.82) is 0 Å². The number of hydrogen-bond donors (Lipinski definition) is 3. The smallest absolute Gasteiger partial charge is 0.326 e. The molecule has 0 spiro atoms. The van der Waals surface area contributed by atoms with Gasteiger partial charge < -0.3 is 15.7 Å². The van der Waals surface area contributed by atoms with Gasteiger partial charge in [0.15, 0.2) is 0 Å². The Labute approximate surface area is 136 Å². The summed E-state index contributed by atoms with van der Waals surface area (Å²) < 4.78 is 0.736. The van der Waals surface area contributed by atoms with Crippen molar-refractivity contribution in [1.82, 2.24) is 15.6 Å². The van der Waals surface area contributed by atoms with Gasteiger partial charge in [0.1, 0.15) is 11.7 Å². The molecule has 8 heteroatoms. The highest BCUT2D eigenvalue weighted by Crippen LogP contribution is 2.07. The van der Waals surface area contributed by atoms with Gasteiger partial charge in [-0.1, -0.05) is 13.8 Å². The van der Waals surface area contributed by atoms with Gasteiger partial charge in [0, 0.05) is 10.7 Å². The van der Waals surface area contributed by atoms with Crippen molar-refractivity contribution in [3.05, 3.63) is 28.5 Å². The van der Waals surface area contributed by atoms with E-state index in [9.17, 15) is 14.4 Å². The first-order valence-corrected chi connectivity index (χ1v) is 7.50. The number of nitrogens with zero attached hydrogens (tertiary/aromatic N) is 1. The Morgan fingerprint density at radius 2 is 2.00 bits per heavy atom. The summed E-state index contributed by atoms with van der Waals surface area (Å²) in [4.78, 5) is 38.4. The zero-order valence-electron chi connectivity index (χ0n) is 12.3. The monoisotopic (exact) mass is 371 g/mol. The second kappa shape index (κ2) is 8.47. The van der Waals surface area contributed by atoms with Crippen molar-refractivity contribution < 1.29 is 19.5 Å². The van der Waals surface area contributed by atoms with Gasteiger partial charge in [-0.2, -0.15) is 0 Å². The van der Waals surface area contributed by atoms with Crippen LogP contribution in [0.5, 0.6) is 0 Å². The minimum absolute atomic E-state index is 0.128. The largest absolute Gasteiger partial charge is 0.480 e. The van der Waals surface area contributed by atoms with Crippen molar-refractivity contribution in [3.63, 3.8) is 0 Å². The molecule has 1 rings (SSSR count). The summed E-state index contributed by atoms with van der Waals surface area (Å²) in [6.45, 7) is 3.42. The molecule has 0 unspecified atom stereocenters. The molecule has 0 fully saturated rings. The van der Waals surface area contributed by atoms with Gasteiger partial charge in [-0.25, -0.2) is 9.78 Å². The third kappa shape index (κ3) is 6.21. The maximum Gasteiger partial charge on any atom is 0.326 e. The second-order valence-corrected chi connectivity index (χ2v) is 6.05. The molecule has 1 aromatic rings. The highest BCUT2D eigenvalue weighted by atomic mass is 79.9. The molecular weight excluding hydrogens is 354 g/mol. The molecule has 1 atom stereocenters. The molecule has 1 heterocycles. The predicted molar refractivity (Wildman–Crippen MR) is 83.3 cm³/mol. The third-order valence-electron chi connectivity index (χ3n) is 2.71. The van der Waals surface area contributed by atoms with Crippen LogP contribution in [-0.2, 0) is 9.59 Å². The van der Waals surface area contributed by atoms with Crippen LogP contribution in [0.4, 0.5) is 0 Å². The zero-order chi connectivity index (χ0) is 16.7. The Balaban J connectivity index is 2.49. The zero-order valence-corrected chi connectivity index (χ0v) is 13.9. The lowest BCUT2D eigenvalue weighted by Gasteiger charge is -2.16. The van der Waals surface area contributed by atoms with E-state index >= 15 is 0 Å². The van der Waals surface area contributed by atoms with Crippen LogP contribution < -0.4 is 10.6 Å². The fourth-order valence-electron chi connectivity index (χ4n) is 1.70. The van der Waals surface area contributed by atoms with Crippen LogP contribution in [0.1, 0.15) is 30.8 Å². The molecular formula is C14H18BrN3O4. The van der Waals surface area contributed by atoms with Gasteiger partial charge in [-0.05, 0) is 40.4 Å². The number of hydrogen-bond acceptors (Lipinski definition) is 4. The van der Waals surface area contributed by atoms with Crippen LogP contribution in [0.25, 0.3) is 0 Å². The molecule has 1 aromatic heterocycles. The Bertz CT molecular complexity index is 546. The van der Waals surface area contributed by atoms with E-state index in [2.05, 4.69) is 31.5 Å². The molecule has 0 aromatic carbocycles.